The fourth-order valence-corrected chi connectivity index (χ4v) is 3.57. The van der Waals surface area contributed by atoms with E-state index in [1.807, 2.05) is 19.1 Å². The van der Waals surface area contributed by atoms with E-state index in [-0.39, 0.29) is 13.2 Å². The van der Waals surface area contributed by atoms with Crippen LogP contribution in [0.3, 0.4) is 0 Å². The van der Waals surface area contributed by atoms with Crippen LogP contribution < -0.4 is 21.1 Å². The minimum Gasteiger partial charge on any atom is -0.491 e. The highest BCUT2D eigenvalue weighted by Crippen LogP contribution is 2.29. The largest absolute Gasteiger partial charge is 0.491 e. The topological polar surface area (TPSA) is 132 Å². The van der Waals surface area contributed by atoms with Crippen LogP contribution in [0.25, 0.3) is 0 Å². The van der Waals surface area contributed by atoms with Crippen LogP contribution in [0.1, 0.15) is 24.2 Å². The van der Waals surface area contributed by atoms with Gasteiger partial charge in [-0.3, -0.25) is 10.1 Å². The zero-order chi connectivity index (χ0) is 27.3. The summed E-state index contributed by atoms with van der Waals surface area (Å²) in [5.74, 6) is 0.0658. The Bertz CT molecular complexity index is 1230. The number of benzene rings is 3. The molecule has 0 radical (unpaired) electrons. The van der Waals surface area contributed by atoms with Gasteiger partial charge in [0.25, 0.3) is 0 Å². The third-order valence-corrected chi connectivity index (χ3v) is 5.39. The van der Waals surface area contributed by atoms with E-state index in [0.717, 1.165) is 5.56 Å². The molecule has 9 heteroatoms. The first-order valence-electron chi connectivity index (χ1n) is 12.2. The SMILES string of the molecule is CCO[C@H](/C=C/C(=O)Nc1ccccc1N)[C@H](OC(=O)Nc1ccc(C)cc1)c1cccc(OCCO)c1. The van der Waals surface area contributed by atoms with Crippen molar-refractivity contribution < 1.29 is 28.9 Å². The predicted octanol–water partition coefficient (Wildman–Crippen LogP) is 4.84. The van der Waals surface area contributed by atoms with Gasteiger partial charge in [-0.15, -0.1) is 0 Å². The second-order valence-corrected chi connectivity index (χ2v) is 8.32. The molecule has 0 bridgehead atoms. The van der Waals surface area contributed by atoms with Gasteiger partial charge in [-0.25, -0.2) is 4.79 Å². The molecule has 0 aliphatic heterocycles. The molecule has 38 heavy (non-hydrogen) atoms. The number of aliphatic hydroxyl groups excluding tert-OH is 1. The van der Waals surface area contributed by atoms with Gasteiger partial charge >= 0.3 is 6.09 Å². The van der Waals surface area contributed by atoms with Crippen molar-refractivity contribution in [3.63, 3.8) is 0 Å². The maximum Gasteiger partial charge on any atom is 0.412 e. The molecule has 0 saturated heterocycles. The average Bonchev–Trinajstić information content (AvgIpc) is 2.91. The summed E-state index contributed by atoms with van der Waals surface area (Å²) in [6.07, 6.45) is 0.413. The van der Waals surface area contributed by atoms with E-state index in [1.165, 1.54) is 12.2 Å². The standard InChI is InChI=1S/C29H33N3O6/c1-3-36-26(15-16-27(34)32-25-10-5-4-9-24(25)30)28(21-7-6-8-23(19-21)37-18-17-33)38-29(35)31-22-13-11-20(2)12-14-22/h4-16,19,26,28,33H,3,17-18,30H2,1-2H3,(H,31,35)(H,32,34)/b16-15+/t26-,28-/m1/s1. The predicted molar refractivity (Wildman–Crippen MR) is 147 cm³/mol. The van der Waals surface area contributed by atoms with Crippen molar-refractivity contribution in [1.82, 2.24) is 0 Å². The molecule has 200 valence electrons. The quantitative estimate of drug-likeness (QED) is 0.199. The Morgan fingerprint density at radius 1 is 1.03 bits per heavy atom. The fraction of sp³-hybridized carbons (Fsp3) is 0.241. The molecule has 0 heterocycles. The van der Waals surface area contributed by atoms with Gasteiger partial charge in [-0.1, -0.05) is 42.0 Å². The van der Waals surface area contributed by atoms with Gasteiger partial charge in [0, 0.05) is 18.4 Å². The number of nitrogens with one attached hydrogen (secondary N) is 2. The monoisotopic (exact) mass is 519 g/mol. The van der Waals surface area contributed by atoms with Crippen LogP contribution in [-0.2, 0) is 14.3 Å². The van der Waals surface area contributed by atoms with Crippen LogP contribution in [0.2, 0.25) is 0 Å². The summed E-state index contributed by atoms with van der Waals surface area (Å²) in [6.45, 7) is 4.01. The number of rotatable bonds is 12. The summed E-state index contributed by atoms with van der Waals surface area (Å²) >= 11 is 0. The highest BCUT2D eigenvalue weighted by Gasteiger charge is 2.27. The van der Waals surface area contributed by atoms with Crippen molar-refractivity contribution in [2.75, 3.05) is 36.2 Å². The highest BCUT2D eigenvalue weighted by molar-refractivity contribution is 6.01. The van der Waals surface area contributed by atoms with Gasteiger partial charge in [0.1, 0.15) is 18.5 Å². The van der Waals surface area contributed by atoms with E-state index < -0.39 is 24.2 Å². The maximum atomic E-state index is 12.9. The highest BCUT2D eigenvalue weighted by atomic mass is 16.6. The zero-order valence-corrected chi connectivity index (χ0v) is 21.4. The smallest absolute Gasteiger partial charge is 0.412 e. The van der Waals surface area contributed by atoms with Gasteiger partial charge < -0.3 is 30.4 Å². The number of nitrogen functional groups attached to an aromatic ring is 1. The van der Waals surface area contributed by atoms with Crippen molar-refractivity contribution >= 4 is 29.1 Å². The number of aliphatic hydroxyl groups is 1. The minimum atomic E-state index is -0.927. The van der Waals surface area contributed by atoms with Crippen LogP contribution in [-0.4, -0.2) is 43.0 Å². The van der Waals surface area contributed by atoms with Gasteiger partial charge in [-0.05, 0) is 61.9 Å². The lowest BCUT2D eigenvalue weighted by molar-refractivity contribution is -0.112. The van der Waals surface area contributed by atoms with Gasteiger partial charge in [0.2, 0.25) is 5.91 Å². The van der Waals surface area contributed by atoms with Gasteiger partial charge in [0.05, 0.1) is 18.0 Å². The van der Waals surface area contributed by atoms with Crippen LogP contribution in [0.5, 0.6) is 5.75 Å². The van der Waals surface area contributed by atoms with Crippen LogP contribution >= 0.6 is 0 Å². The average molecular weight is 520 g/mol. The number of nitrogens with two attached hydrogens (primary N) is 1. The summed E-state index contributed by atoms with van der Waals surface area (Å²) in [7, 11) is 0. The van der Waals surface area contributed by atoms with E-state index in [9.17, 15) is 9.59 Å². The zero-order valence-electron chi connectivity index (χ0n) is 21.4. The maximum absolute atomic E-state index is 12.9. The molecule has 0 fully saturated rings. The lowest BCUT2D eigenvalue weighted by Gasteiger charge is -2.26. The third kappa shape index (κ3) is 8.65. The lowest BCUT2D eigenvalue weighted by atomic mass is 10.0. The molecular weight excluding hydrogens is 486 g/mol. The molecule has 5 N–H and O–H groups in total. The Kier molecular flexibility index (Phi) is 10.7. The van der Waals surface area contributed by atoms with E-state index in [2.05, 4.69) is 10.6 Å². The number of amides is 2. The van der Waals surface area contributed by atoms with Crippen LogP contribution in [0.15, 0.2) is 84.9 Å². The Labute approximate surface area is 222 Å². The first kappa shape index (κ1) is 28.2. The van der Waals surface area contributed by atoms with E-state index in [4.69, 9.17) is 25.1 Å². The molecule has 3 aromatic carbocycles. The summed E-state index contributed by atoms with van der Waals surface area (Å²) in [5, 5.41) is 14.6. The normalized spacial score (nSPS) is 12.5. The molecule has 0 saturated carbocycles. The van der Waals surface area contributed by atoms with Crippen molar-refractivity contribution in [3.8, 4) is 5.75 Å². The van der Waals surface area contributed by atoms with E-state index in [0.29, 0.717) is 35.0 Å². The van der Waals surface area contributed by atoms with Gasteiger partial charge in [-0.2, -0.15) is 0 Å². The number of aryl methyl sites for hydroxylation is 1. The van der Waals surface area contributed by atoms with Crippen molar-refractivity contribution in [2.45, 2.75) is 26.1 Å². The molecule has 0 aromatic heterocycles. The van der Waals surface area contributed by atoms with E-state index in [1.54, 1.807) is 67.6 Å². The molecule has 9 nitrogen and oxygen atoms in total. The number of ether oxygens (including phenoxy) is 3. The second kappa shape index (κ2) is 14.4. The number of carbonyl (C=O) groups excluding carboxylic acids is 2. The molecule has 0 unspecified atom stereocenters. The molecule has 3 rings (SSSR count). The number of hydrogen-bond acceptors (Lipinski definition) is 7. The Morgan fingerprint density at radius 3 is 2.50 bits per heavy atom. The summed E-state index contributed by atoms with van der Waals surface area (Å²) in [5.41, 5.74) is 9.04. The molecule has 2 atom stereocenters. The molecule has 0 aliphatic carbocycles. The molecule has 3 aromatic rings. The minimum absolute atomic E-state index is 0.112. The Hall–Kier alpha value is -4.34. The first-order chi connectivity index (χ1) is 18.4. The number of carbonyl (C=O) groups is 2. The number of para-hydroxylation sites is 2. The van der Waals surface area contributed by atoms with E-state index >= 15 is 0 Å². The van der Waals surface area contributed by atoms with Crippen LogP contribution in [0, 0.1) is 6.92 Å². The molecular formula is C29H33N3O6. The first-order valence-corrected chi connectivity index (χ1v) is 12.2. The number of hydrogen-bond donors (Lipinski definition) is 4. The van der Waals surface area contributed by atoms with Crippen molar-refractivity contribution in [2.24, 2.45) is 0 Å². The molecule has 0 spiro atoms. The Balaban J connectivity index is 1.85. The van der Waals surface area contributed by atoms with Gasteiger partial charge in [0.15, 0.2) is 6.10 Å². The molecule has 2 amide bonds. The molecule has 0 aliphatic rings. The van der Waals surface area contributed by atoms with Crippen LogP contribution in [0.4, 0.5) is 21.9 Å². The Morgan fingerprint density at radius 2 is 1.79 bits per heavy atom. The summed E-state index contributed by atoms with van der Waals surface area (Å²) in [6, 6.07) is 21.1. The summed E-state index contributed by atoms with van der Waals surface area (Å²) in [4.78, 5) is 25.5. The fourth-order valence-electron chi connectivity index (χ4n) is 3.57. The van der Waals surface area contributed by atoms with Crippen molar-refractivity contribution in [3.05, 3.63) is 96.1 Å². The third-order valence-electron chi connectivity index (χ3n) is 5.39. The summed E-state index contributed by atoms with van der Waals surface area (Å²) < 4.78 is 17.3. The number of anilines is 3. The van der Waals surface area contributed by atoms with Crippen molar-refractivity contribution in [1.29, 1.82) is 0 Å². The second-order valence-electron chi connectivity index (χ2n) is 8.32. The lowest BCUT2D eigenvalue weighted by Crippen LogP contribution is -2.28.